The summed E-state index contributed by atoms with van der Waals surface area (Å²) in [5.74, 6) is 0.0337. The van der Waals surface area contributed by atoms with E-state index in [0.717, 1.165) is 0 Å². The summed E-state index contributed by atoms with van der Waals surface area (Å²) in [5.41, 5.74) is 0.442. The Morgan fingerprint density at radius 1 is 1.08 bits per heavy atom. The fraction of sp³-hybridized carbons (Fsp3) is 0.500. The van der Waals surface area contributed by atoms with Crippen LogP contribution in [0.2, 0.25) is 5.02 Å². The highest BCUT2D eigenvalue weighted by atomic mass is 35.5. The molecule has 8 heteroatoms. The van der Waals surface area contributed by atoms with E-state index in [1.165, 1.54) is 0 Å². The molecule has 130 valence electrons. The second-order valence-corrected chi connectivity index (χ2v) is 6.37. The number of urea groups is 1. The van der Waals surface area contributed by atoms with Crippen LogP contribution >= 0.6 is 11.6 Å². The lowest BCUT2D eigenvalue weighted by Crippen LogP contribution is -2.41. The maximum Gasteiger partial charge on any atom is 0.319 e. The van der Waals surface area contributed by atoms with Crippen molar-refractivity contribution in [1.29, 1.82) is 0 Å². The van der Waals surface area contributed by atoms with Crippen molar-refractivity contribution in [2.75, 3.05) is 18.5 Å². The minimum Gasteiger partial charge on any atom is -0.486 e. The van der Waals surface area contributed by atoms with Crippen LogP contribution in [0.3, 0.4) is 0 Å². The van der Waals surface area contributed by atoms with Crippen molar-refractivity contribution >= 4 is 29.3 Å². The van der Waals surface area contributed by atoms with Crippen LogP contribution in [0, 0.1) is 5.92 Å². The molecule has 0 atom stereocenters. The van der Waals surface area contributed by atoms with Gasteiger partial charge in [0.05, 0.1) is 16.6 Å². The highest BCUT2D eigenvalue weighted by Crippen LogP contribution is 2.38. The molecular formula is C16H19ClN2O5. The molecule has 24 heavy (non-hydrogen) atoms. The van der Waals surface area contributed by atoms with E-state index in [9.17, 15) is 9.59 Å². The van der Waals surface area contributed by atoms with E-state index < -0.39 is 5.97 Å². The number of carbonyl (C=O) groups excluding carboxylic acids is 1. The van der Waals surface area contributed by atoms with Crippen molar-refractivity contribution in [3.63, 3.8) is 0 Å². The molecule has 0 bridgehead atoms. The largest absolute Gasteiger partial charge is 0.486 e. The molecule has 0 spiro atoms. The third-order valence-electron chi connectivity index (χ3n) is 4.29. The molecule has 1 aliphatic heterocycles. The standard InChI is InChI=1S/C16H19ClN2O5/c17-11-7-13-14(24-6-5-23-13)8-12(11)19-16(22)18-10-3-1-9(2-4-10)15(20)21/h7-10H,1-6H2,(H,20,21)(H2,18,19,22). The molecule has 0 radical (unpaired) electrons. The summed E-state index contributed by atoms with van der Waals surface area (Å²) in [6.45, 7) is 0.919. The molecule has 1 heterocycles. The predicted octanol–water partition coefficient (Wildman–Crippen LogP) is 2.88. The zero-order chi connectivity index (χ0) is 17.1. The van der Waals surface area contributed by atoms with Crippen LogP contribution in [-0.2, 0) is 4.79 Å². The van der Waals surface area contributed by atoms with Gasteiger partial charge in [-0.25, -0.2) is 4.79 Å². The first-order valence-electron chi connectivity index (χ1n) is 7.92. The van der Waals surface area contributed by atoms with E-state index in [1.54, 1.807) is 12.1 Å². The normalized spacial score (nSPS) is 22.5. The highest BCUT2D eigenvalue weighted by Gasteiger charge is 2.27. The van der Waals surface area contributed by atoms with Crippen molar-refractivity contribution in [2.45, 2.75) is 31.7 Å². The number of amides is 2. The average Bonchev–Trinajstić information content (AvgIpc) is 2.56. The van der Waals surface area contributed by atoms with Crippen LogP contribution in [0.4, 0.5) is 10.5 Å². The van der Waals surface area contributed by atoms with Gasteiger partial charge in [-0.2, -0.15) is 0 Å². The molecule has 3 rings (SSSR count). The van der Waals surface area contributed by atoms with Gasteiger partial charge in [0, 0.05) is 18.2 Å². The third-order valence-corrected chi connectivity index (χ3v) is 4.60. The average molecular weight is 355 g/mol. The summed E-state index contributed by atoms with van der Waals surface area (Å²) >= 11 is 6.16. The number of halogens is 1. The molecule has 1 aliphatic carbocycles. The Morgan fingerprint density at radius 3 is 2.33 bits per heavy atom. The second kappa shape index (κ2) is 7.17. The number of carbonyl (C=O) groups is 2. The first kappa shape index (κ1) is 16.7. The Hall–Kier alpha value is -2.15. The first-order valence-corrected chi connectivity index (χ1v) is 8.30. The molecule has 0 aromatic heterocycles. The number of rotatable bonds is 3. The van der Waals surface area contributed by atoms with Crippen LogP contribution in [0.5, 0.6) is 11.5 Å². The van der Waals surface area contributed by atoms with Crippen LogP contribution in [0.25, 0.3) is 0 Å². The fourth-order valence-electron chi connectivity index (χ4n) is 2.99. The number of aliphatic carboxylic acids is 1. The number of carboxylic acid groups (broad SMARTS) is 1. The van der Waals surface area contributed by atoms with Gasteiger partial charge >= 0.3 is 12.0 Å². The van der Waals surface area contributed by atoms with Crippen LogP contribution in [-0.4, -0.2) is 36.4 Å². The summed E-state index contributed by atoms with van der Waals surface area (Å²) in [6, 6.07) is 2.85. The van der Waals surface area contributed by atoms with E-state index in [4.69, 9.17) is 26.2 Å². The summed E-state index contributed by atoms with van der Waals surface area (Å²) in [7, 11) is 0. The van der Waals surface area contributed by atoms with E-state index in [2.05, 4.69) is 10.6 Å². The SMILES string of the molecule is O=C(Nc1cc2c(cc1Cl)OCCO2)NC1CCC(C(=O)O)CC1. The van der Waals surface area contributed by atoms with Gasteiger partial charge in [-0.1, -0.05) is 11.6 Å². The van der Waals surface area contributed by atoms with Gasteiger partial charge in [0.25, 0.3) is 0 Å². The lowest BCUT2D eigenvalue weighted by molar-refractivity contribution is -0.142. The zero-order valence-electron chi connectivity index (χ0n) is 13.0. The van der Waals surface area contributed by atoms with E-state index in [-0.39, 0.29) is 18.0 Å². The van der Waals surface area contributed by atoms with E-state index in [0.29, 0.717) is 61.1 Å². The van der Waals surface area contributed by atoms with Crippen molar-refractivity contribution in [3.05, 3.63) is 17.2 Å². The quantitative estimate of drug-likeness (QED) is 0.775. The van der Waals surface area contributed by atoms with E-state index in [1.807, 2.05) is 0 Å². The summed E-state index contributed by atoms with van der Waals surface area (Å²) in [6.07, 6.45) is 2.45. The van der Waals surface area contributed by atoms with Gasteiger partial charge in [0.1, 0.15) is 13.2 Å². The third kappa shape index (κ3) is 3.84. The number of carboxylic acids is 1. The zero-order valence-corrected chi connectivity index (χ0v) is 13.8. The Kier molecular flexibility index (Phi) is 4.99. The monoisotopic (exact) mass is 354 g/mol. The number of anilines is 1. The van der Waals surface area contributed by atoms with E-state index >= 15 is 0 Å². The summed E-state index contributed by atoms with van der Waals surface area (Å²) in [5, 5.41) is 14.9. The van der Waals surface area contributed by atoms with Gasteiger partial charge in [0.15, 0.2) is 11.5 Å². The number of benzene rings is 1. The molecule has 0 unspecified atom stereocenters. The Balaban J connectivity index is 1.56. The number of hydrogen-bond acceptors (Lipinski definition) is 4. The molecule has 2 amide bonds. The Labute approximate surface area is 144 Å². The first-order chi connectivity index (χ1) is 11.5. The van der Waals surface area contributed by atoms with Crippen LogP contribution < -0.4 is 20.1 Å². The van der Waals surface area contributed by atoms with Gasteiger partial charge in [0.2, 0.25) is 0 Å². The minimum absolute atomic E-state index is 0.0309. The molecule has 1 aromatic rings. The van der Waals surface area contributed by atoms with Gasteiger partial charge < -0.3 is 25.2 Å². The molecule has 2 aliphatic rings. The van der Waals surface area contributed by atoms with Gasteiger partial charge in [-0.05, 0) is 25.7 Å². The van der Waals surface area contributed by atoms with Crippen LogP contribution in [0.1, 0.15) is 25.7 Å². The molecule has 3 N–H and O–H groups in total. The van der Waals surface area contributed by atoms with Gasteiger partial charge in [-0.15, -0.1) is 0 Å². The van der Waals surface area contributed by atoms with Crippen LogP contribution in [0.15, 0.2) is 12.1 Å². The summed E-state index contributed by atoms with van der Waals surface area (Å²) in [4.78, 5) is 23.1. The van der Waals surface area contributed by atoms with Crippen molar-refractivity contribution < 1.29 is 24.2 Å². The van der Waals surface area contributed by atoms with Crippen molar-refractivity contribution in [1.82, 2.24) is 5.32 Å². The Morgan fingerprint density at radius 2 is 1.71 bits per heavy atom. The van der Waals surface area contributed by atoms with Crippen molar-refractivity contribution in [2.24, 2.45) is 5.92 Å². The lowest BCUT2D eigenvalue weighted by Gasteiger charge is -2.27. The number of fused-ring (bicyclic) bond motifs is 1. The molecule has 1 saturated carbocycles. The molecule has 1 aromatic carbocycles. The topological polar surface area (TPSA) is 96.9 Å². The fourth-order valence-corrected chi connectivity index (χ4v) is 3.19. The smallest absolute Gasteiger partial charge is 0.319 e. The Bertz CT molecular complexity index is 644. The number of ether oxygens (including phenoxy) is 2. The lowest BCUT2D eigenvalue weighted by atomic mass is 9.86. The molecule has 1 fully saturated rings. The minimum atomic E-state index is -0.763. The highest BCUT2D eigenvalue weighted by molar-refractivity contribution is 6.34. The maximum atomic E-state index is 12.1. The molecular weight excluding hydrogens is 336 g/mol. The number of nitrogens with one attached hydrogen (secondary N) is 2. The predicted molar refractivity (Wildman–Crippen MR) is 88.0 cm³/mol. The molecule has 7 nitrogen and oxygen atoms in total. The molecule has 0 saturated heterocycles. The summed E-state index contributed by atoms with van der Waals surface area (Å²) < 4.78 is 10.9. The second-order valence-electron chi connectivity index (χ2n) is 5.96. The maximum absolute atomic E-state index is 12.1. The van der Waals surface area contributed by atoms with Crippen molar-refractivity contribution in [3.8, 4) is 11.5 Å². The number of hydrogen-bond donors (Lipinski definition) is 3. The van der Waals surface area contributed by atoms with Gasteiger partial charge in [-0.3, -0.25) is 4.79 Å².